The fourth-order valence-corrected chi connectivity index (χ4v) is 2.43. The molecule has 1 aromatic heterocycles. The van der Waals surface area contributed by atoms with Gasteiger partial charge in [0.15, 0.2) is 0 Å². The van der Waals surface area contributed by atoms with Gasteiger partial charge in [0.05, 0.1) is 17.3 Å². The molecule has 102 valence electrons. The molecule has 0 aliphatic heterocycles. The van der Waals surface area contributed by atoms with Crippen LogP contribution in [-0.4, -0.2) is 10.9 Å². The van der Waals surface area contributed by atoms with Crippen LogP contribution in [0, 0.1) is 11.3 Å². The summed E-state index contributed by atoms with van der Waals surface area (Å²) < 4.78 is 0. The van der Waals surface area contributed by atoms with Crippen molar-refractivity contribution in [2.45, 2.75) is 13.0 Å². The maximum atomic E-state index is 12.1. The van der Waals surface area contributed by atoms with E-state index in [0.29, 0.717) is 21.3 Å². The molecule has 0 aliphatic carbocycles. The molecule has 5 nitrogen and oxygen atoms in total. The Bertz CT molecular complexity index is 690. The number of thiazole rings is 1. The second-order valence-electron chi connectivity index (χ2n) is 4.12. The predicted octanol–water partition coefficient (Wildman–Crippen LogP) is 2.94. The molecular weight excluding hydrogens is 296 g/mol. The summed E-state index contributed by atoms with van der Waals surface area (Å²) in [6.07, 6.45) is 0. The van der Waals surface area contributed by atoms with Crippen molar-refractivity contribution in [1.29, 1.82) is 5.26 Å². The van der Waals surface area contributed by atoms with Gasteiger partial charge >= 0.3 is 0 Å². The first-order valence-corrected chi connectivity index (χ1v) is 6.99. The summed E-state index contributed by atoms with van der Waals surface area (Å²) in [5.74, 6) is -0.396. The molecule has 1 unspecified atom stereocenters. The second kappa shape index (κ2) is 6.01. The van der Waals surface area contributed by atoms with E-state index < -0.39 is 5.91 Å². The average Bonchev–Trinajstić information content (AvgIpc) is 2.89. The Labute approximate surface area is 125 Å². The van der Waals surface area contributed by atoms with Gasteiger partial charge in [-0.05, 0) is 25.1 Å². The van der Waals surface area contributed by atoms with Gasteiger partial charge in [0.1, 0.15) is 16.8 Å². The van der Waals surface area contributed by atoms with Crippen molar-refractivity contribution in [2.75, 3.05) is 5.32 Å². The van der Waals surface area contributed by atoms with E-state index in [4.69, 9.17) is 22.6 Å². The highest BCUT2D eigenvalue weighted by atomic mass is 35.5. The summed E-state index contributed by atoms with van der Waals surface area (Å²) in [5.41, 5.74) is 6.67. The quantitative estimate of drug-likeness (QED) is 0.912. The Hall–Kier alpha value is -1.94. The van der Waals surface area contributed by atoms with E-state index in [-0.39, 0.29) is 11.7 Å². The van der Waals surface area contributed by atoms with Crippen LogP contribution >= 0.6 is 22.9 Å². The number of hydrogen-bond acceptors (Lipinski definition) is 5. The molecule has 1 atom stereocenters. The van der Waals surface area contributed by atoms with Gasteiger partial charge in [0.25, 0.3) is 5.91 Å². The van der Waals surface area contributed by atoms with E-state index in [1.165, 1.54) is 17.4 Å². The highest BCUT2D eigenvalue weighted by Gasteiger charge is 2.14. The third-order valence-electron chi connectivity index (χ3n) is 2.49. The van der Waals surface area contributed by atoms with Gasteiger partial charge in [-0.2, -0.15) is 5.26 Å². The molecule has 0 fully saturated rings. The zero-order valence-corrected chi connectivity index (χ0v) is 12.1. The molecule has 2 aromatic rings. The largest absolute Gasteiger partial charge is 0.322 e. The Morgan fingerprint density at radius 3 is 2.95 bits per heavy atom. The Kier molecular flexibility index (Phi) is 4.35. The van der Waals surface area contributed by atoms with Crippen molar-refractivity contribution >= 4 is 34.5 Å². The maximum absolute atomic E-state index is 12.1. The number of rotatable bonds is 3. The van der Waals surface area contributed by atoms with Crippen molar-refractivity contribution in [2.24, 2.45) is 5.73 Å². The van der Waals surface area contributed by atoms with Crippen molar-refractivity contribution < 1.29 is 4.79 Å². The topological polar surface area (TPSA) is 91.8 Å². The van der Waals surface area contributed by atoms with Crippen LogP contribution in [0.25, 0.3) is 0 Å². The van der Waals surface area contributed by atoms with E-state index in [1.54, 1.807) is 24.4 Å². The summed E-state index contributed by atoms with van der Waals surface area (Å²) in [6, 6.07) is 6.43. The monoisotopic (exact) mass is 306 g/mol. The second-order valence-corrected chi connectivity index (χ2v) is 5.44. The highest BCUT2D eigenvalue weighted by Crippen LogP contribution is 2.22. The number of benzene rings is 1. The minimum Gasteiger partial charge on any atom is -0.322 e. The molecule has 0 saturated carbocycles. The molecule has 7 heteroatoms. The number of nitrogens with one attached hydrogen (secondary N) is 1. The third kappa shape index (κ3) is 3.14. The van der Waals surface area contributed by atoms with Crippen molar-refractivity contribution in [3.63, 3.8) is 0 Å². The van der Waals surface area contributed by atoms with E-state index in [1.807, 2.05) is 6.07 Å². The smallest absolute Gasteiger partial charge is 0.275 e. The number of hydrogen-bond donors (Lipinski definition) is 2. The van der Waals surface area contributed by atoms with Crippen LogP contribution in [0.5, 0.6) is 0 Å². The van der Waals surface area contributed by atoms with Gasteiger partial charge in [-0.25, -0.2) is 4.98 Å². The van der Waals surface area contributed by atoms with Gasteiger partial charge in [0, 0.05) is 10.4 Å². The summed E-state index contributed by atoms with van der Waals surface area (Å²) in [6.45, 7) is 1.80. The van der Waals surface area contributed by atoms with Crippen LogP contribution < -0.4 is 11.1 Å². The average molecular weight is 307 g/mol. The van der Waals surface area contributed by atoms with Crippen LogP contribution in [0.2, 0.25) is 5.02 Å². The molecule has 1 aromatic carbocycles. The van der Waals surface area contributed by atoms with Crippen LogP contribution in [0.15, 0.2) is 23.6 Å². The minimum atomic E-state index is -0.396. The number of nitrogens with zero attached hydrogens (tertiary/aromatic N) is 2. The minimum absolute atomic E-state index is 0.220. The third-order valence-corrected chi connectivity index (χ3v) is 3.78. The molecule has 3 N–H and O–H groups in total. The number of carbonyl (C=O) groups is 1. The summed E-state index contributed by atoms with van der Waals surface area (Å²) in [4.78, 5) is 16.2. The molecule has 0 spiro atoms. The fourth-order valence-electron chi connectivity index (χ4n) is 1.50. The predicted molar refractivity (Wildman–Crippen MR) is 78.8 cm³/mol. The van der Waals surface area contributed by atoms with E-state index >= 15 is 0 Å². The Balaban J connectivity index is 2.23. The van der Waals surface area contributed by atoms with Gasteiger partial charge in [-0.1, -0.05) is 11.6 Å². The molecule has 0 aliphatic rings. The number of nitriles is 1. The number of halogens is 1. The Morgan fingerprint density at radius 1 is 1.60 bits per heavy atom. The molecule has 1 amide bonds. The highest BCUT2D eigenvalue weighted by molar-refractivity contribution is 7.09. The van der Waals surface area contributed by atoms with Gasteiger partial charge in [-0.3, -0.25) is 4.79 Å². The number of nitrogens with two attached hydrogens (primary N) is 1. The van der Waals surface area contributed by atoms with Crippen LogP contribution in [0.4, 0.5) is 5.69 Å². The Morgan fingerprint density at radius 2 is 2.35 bits per heavy atom. The van der Waals surface area contributed by atoms with Gasteiger partial charge in [-0.15, -0.1) is 11.3 Å². The van der Waals surface area contributed by atoms with E-state index in [2.05, 4.69) is 10.3 Å². The number of amides is 1. The zero-order valence-electron chi connectivity index (χ0n) is 10.6. The molecule has 20 heavy (non-hydrogen) atoms. The molecule has 1 heterocycles. The fraction of sp³-hybridized carbons (Fsp3) is 0.154. The van der Waals surface area contributed by atoms with Crippen molar-refractivity contribution in [1.82, 2.24) is 4.98 Å². The van der Waals surface area contributed by atoms with Gasteiger partial charge < -0.3 is 11.1 Å². The lowest BCUT2D eigenvalue weighted by molar-refractivity contribution is 0.102. The lowest BCUT2D eigenvalue weighted by Crippen LogP contribution is -2.14. The molecule has 2 rings (SSSR count). The first-order valence-electron chi connectivity index (χ1n) is 5.73. The summed E-state index contributed by atoms with van der Waals surface area (Å²) in [7, 11) is 0. The lowest BCUT2D eigenvalue weighted by Gasteiger charge is -2.06. The standard InChI is InChI=1S/C13H11ClN4OS/c1-7(16)13-18-11(6-20-13)12(19)17-10-4-9(14)3-2-8(10)5-15/h2-4,6-7H,16H2,1H3,(H,17,19). The van der Waals surface area contributed by atoms with Crippen molar-refractivity contribution in [3.8, 4) is 6.07 Å². The zero-order chi connectivity index (χ0) is 14.7. The number of anilines is 1. The van der Waals surface area contributed by atoms with Crippen LogP contribution in [0.1, 0.15) is 34.0 Å². The van der Waals surface area contributed by atoms with Gasteiger partial charge in [0.2, 0.25) is 0 Å². The molecular formula is C13H11ClN4OS. The first-order chi connectivity index (χ1) is 9.51. The van der Waals surface area contributed by atoms with E-state index in [0.717, 1.165) is 0 Å². The first kappa shape index (κ1) is 14.5. The number of carbonyl (C=O) groups excluding carboxylic acids is 1. The van der Waals surface area contributed by atoms with Crippen LogP contribution in [0.3, 0.4) is 0 Å². The summed E-state index contributed by atoms with van der Waals surface area (Å²) in [5, 5.41) is 14.4. The lowest BCUT2D eigenvalue weighted by atomic mass is 10.2. The summed E-state index contributed by atoms with van der Waals surface area (Å²) >= 11 is 7.18. The van der Waals surface area contributed by atoms with Crippen LogP contribution in [-0.2, 0) is 0 Å². The van der Waals surface area contributed by atoms with Crippen molar-refractivity contribution in [3.05, 3.63) is 44.9 Å². The molecule has 0 saturated heterocycles. The van der Waals surface area contributed by atoms with E-state index in [9.17, 15) is 4.79 Å². The number of aromatic nitrogens is 1. The SMILES string of the molecule is CC(N)c1nc(C(=O)Nc2cc(Cl)ccc2C#N)cs1. The molecule has 0 radical (unpaired) electrons. The normalized spacial score (nSPS) is 11.7. The maximum Gasteiger partial charge on any atom is 0.275 e. The molecule has 0 bridgehead atoms.